The molecule has 0 spiro atoms. The number of alkyl halides is 3. The van der Waals surface area contributed by atoms with Crippen molar-refractivity contribution >= 4 is 40.0 Å². The number of thioether (sulfide) groups is 1. The van der Waals surface area contributed by atoms with Gasteiger partial charge in [0.15, 0.2) is 0 Å². The summed E-state index contributed by atoms with van der Waals surface area (Å²) in [6.45, 7) is 4.91. The van der Waals surface area contributed by atoms with Crippen LogP contribution in [-0.4, -0.2) is 46.5 Å². The molecular formula is C22H23ClF3N5OS. The lowest BCUT2D eigenvalue weighted by Gasteiger charge is -2.28. The van der Waals surface area contributed by atoms with Crippen molar-refractivity contribution in [2.24, 2.45) is 0 Å². The zero-order valence-corrected chi connectivity index (χ0v) is 19.4. The van der Waals surface area contributed by atoms with Gasteiger partial charge in [-0.3, -0.25) is 15.1 Å². The number of halogens is 4. The fourth-order valence-electron chi connectivity index (χ4n) is 3.80. The Morgan fingerprint density at radius 2 is 1.97 bits per heavy atom. The summed E-state index contributed by atoms with van der Waals surface area (Å²) in [4.78, 5) is 20.2. The average Bonchev–Trinajstić information content (AvgIpc) is 2.77. The first-order valence-corrected chi connectivity index (χ1v) is 11.9. The van der Waals surface area contributed by atoms with Gasteiger partial charge in [0.05, 0.1) is 22.2 Å². The smallest absolute Gasteiger partial charge is 0.314 e. The standard InChI is InChI=1S/C22H23ClF3N5OS/c1-2-33-20-4-3-15(23)10-19(20)29-31-13-28-18-9-14(12-30-7-5-27-6-8-30)17(22(24,25)26)11-16(18)21(31)32/h3-4,9-11,13,27,29H,2,5-8,12H2,1H3. The number of rotatable bonds is 6. The Balaban J connectivity index is 1.75. The highest BCUT2D eigenvalue weighted by Gasteiger charge is 2.34. The summed E-state index contributed by atoms with van der Waals surface area (Å²) in [6.07, 6.45) is -3.30. The molecule has 11 heteroatoms. The third-order valence-corrected chi connectivity index (χ3v) is 6.57. The zero-order valence-electron chi connectivity index (χ0n) is 17.9. The van der Waals surface area contributed by atoms with Crippen molar-refractivity contribution in [3.63, 3.8) is 0 Å². The van der Waals surface area contributed by atoms with Crippen molar-refractivity contribution in [2.75, 3.05) is 37.4 Å². The highest BCUT2D eigenvalue weighted by atomic mass is 35.5. The largest absolute Gasteiger partial charge is 0.416 e. The van der Waals surface area contributed by atoms with E-state index in [1.165, 1.54) is 12.4 Å². The first-order chi connectivity index (χ1) is 15.8. The molecule has 0 amide bonds. The van der Waals surface area contributed by atoms with E-state index >= 15 is 0 Å². The summed E-state index contributed by atoms with van der Waals surface area (Å²) in [5, 5.41) is 3.55. The van der Waals surface area contributed by atoms with Crippen molar-refractivity contribution in [1.82, 2.24) is 19.9 Å². The van der Waals surface area contributed by atoms with E-state index in [9.17, 15) is 18.0 Å². The lowest BCUT2D eigenvalue weighted by molar-refractivity contribution is -0.138. The van der Waals surface area contributed by atoms with E-state index in [-0.39, 0.29) is 23.0 Å². The first kappa shape index (κ1) is 23.9. The van der Waals surface area contributed by atoms with Gasteiger partial charge in [0.1, 0.15) is 6.33 Å². The Labute approximate surface area is 198 Å². The Kier molecular flexibility index (Phi) is 7.18. The van der Waals surface area contributed by atoms with E-state index in [4.69, 9.17) is 11.6 Å². The second-order valence-corrected chi connectivity index (χ2v) is 9.40. The Bertz CT molecular complexity index is 1210. The van der Waals surface area contributed by atoms with E-state index in [0.29, 0.717) is 23.8 Å². The predicted molar refractivity (Wildman–Crippen MR) is 126 cm³/mol. The minimum atomic E-state index is -4.59. The van der Waals surface area contributed by atoms with Crippen LogP contribution in [0.3, 0.4) is 0 Å². The monoisotopic (exact) mass is 497 g/mol. The molecule has 2 N–H and O–H groups in total. The zero-order chi connectivity index (χ0) is 23.6. The molecule has 176 valence electrons. The van der Waals surface area contributed by atoms with E-state index in [1.54, 1.807) is 23.9 Å². The number of fused-ring (bicyclic) bond motifs is 1. The molecule has 2 aromatic carbocycles. The molecule has 1 fully saturated rings. The van der Waals surface area contributed by atoms with Crippen molar-refractivity contribution in [3.05, 3.63) is 63.2 Å². The van der Waals surface area contributed by atoms with Crippen molar-refractivity contribution < 1.29 is 13.2 Å². The number of nitrogens with one attached hydrogen (secondary N) is 2. The number of nitrogens with zero attached hydrogens (tertiary/aromatic N) is 3. The molecule has 0 aliphatic carbocycles. The fourth-order valence-corrected chi connectivity index (χ4v) is 4.70. The number of aromatic nitrogens is 2. The van der Waals surface area contributed by atoms with Crippen LogP contribution in [0, 0.1) is 0 Å². The van der Waals surface area contributed by atoms with Gasteiger partial charge in [-0.1, -0.05) is 18.5 Å². The van der Waals surface area contributed by atoms with Gasteiger partial charge in [-0.15, -0.1) is 11.8 Å². The molecule has 0 atom stereocenters. The highest BCUT2D eigenvalue weighted by Crippen LogP contribution is 2.34. The summed E-state index contributed by atoms with van der Waals surface area (Å²) in [5.41, 5.74) is 2.43. The lowest BCUT2D eigenvalue weighted by atomic mass is 10.0. The maximum Gasteiger partial charge on any atom is 0.416 e. The normalized spacial score (nSPS) is 15.2. The molecule has 0 radical (unpaired) electrons. The molecule has 3 aromatic rings. The lowest BCUT2D eigenvalue weighted by Crippen LogP contribution is -2.43. The van der Waals surface area contributed by atoms with Crippen LogP contribution in [0.25, 0.3) is 10.9 Å². The van der Waals surface area contributed by atoms with Crippen LogP contribution >= 0.6 is 23.4 Å². The number of benzene rings is 2. The summed E-state index contributed by atoms with van der Waals surface area (Å²) in [6, 6.07) is 7.52. The number of hydrogen-bond acceptors (Lipinski definition) is 6. The van der Waals surface area contributed by atoms with Gasteiger partial charge in [0.2, 0.25) is 0 Å². The topological polar surface area (TPSA) is 62.2 Å². The minimum Gasteiger partial charge on any atom is -0.314 e. The second-order valence-electron chi connectivity index (χ2n) is 7.66. The van der Waals surface area contributed by atoms with Crippen molar-refractivity contribution in [1.29, 1.82) is 0 Å². The summed E-state index contributed by atoms with van der Waals surface area (Å²) < 4.78 is 42.8. The SMILES string of the molecule is CCSc1ccc(Cl)cc1Nn1cnc2cc(CN3CCNCC3)c(C(F)(F)F)cc2c1=O. The first-order valence-electron chi connectivity index (χ1n) is 10.5. The molecule has 6 nitrogen and oxygen atoms in total. The minimum absolute atomic E-state index is 0.104. The van der Waals surface area contributed by atoms with Gasteiger partial charge in [0.25, 0.3) is 5.56 Å². The average molecular weight is 498 g/mol. The molecule has 0 bridgehead atoms. The molecule has 1 aliphatic heterocycles. The van der Waals surface area contributed by atoms with Gasteiger partial charge >= 0.3 is 6.18 Å². The van der Waals surface area contributed by atoms with E-state index < -0.39 is 17.3 Å². The molecule has 1 aromatic heterocycles. The van der Waals surface area contributed by atoms with Crippen LogP contribution in [0.5, 0.6) is 0 Å². The third kappa shape index (κ3) is 5.46. The van der Waals surface area contributed by atoms with Crippen LogP contribution in [0.2, 0.25) is 5.02 Å². The summed E-state index contributed by atoms with van der Waals surface area (Å²) in [5.74, 6) is 0.798. The van der Waals surface area contributed by atoms with Gasteiger partial charge in [-0.25, -0.2) is 9.66 Å². The predicted octanol–water partition coefficient (Wildman–Crippen LogP) is 4.46. The number of piperazine rings is 1. The van der Waals surface area contributed by atoms with E-state index in [2.05, 4.69) is 15.7 Å². The second kappa shape index (κ2) is 9.92. The van der Waals surface area contributed by atoms with Gasteiger partial charge in [-0.2, -0.15) is 13.2 Å². The fraction of sp³-hybridized carbons (Fsp3) is 0.364. The van der Waals surface area contributed by atoms with Gasteiger partial charge < -0.3 is 5.32 Å². The molecule has 4 rings (SSSR count). The molecule has 1 aliphatic rings. The van der Waals surface area contributed by atoms with E-state index in [0.717, 1.165) is 34.5 Å². The summed E-state index contributed by atoms with van der Waals surface area (Å²) in [7, 11) is 0. The van der Waals surface area contributed by atoms with Crippen LogP contribution in [-0.2, 0) is 12.7 Å². The third-order valence-electron chi connectivity index (χ3n) is 5.37. The number of hydrogen-bond donors (Lipinski definition) is 2. The molecular weight excluding hydrogens is 475 g/mol. The quantitative estimate of drug-likeness (QED) is 0.490. The molecule has 0 unspecified atom stereocenters. The molecule has 1 saturated heterocycles. The number of anilines is 1. The van der Waals surface area contributed by atoms with Gasteiger partial charge in [-0.05, 0) is 41.6 Å². The Morgan fingerprint density at radius 3 is 2.67 bits per heavy atom. The van der Waals surface area contributed by atoms with Crippen molar-refractivity contribution in [2.45, 2.75) is 24.5 Å². The molecule has 0 saturated carbocycles. The summed E-state index contributed by atoms with van der Waals surface area (Å²) >= 11 is 7.65. The Morgan fingerprint density at radius 1 is 1.21 bits per heavy atom. The van der Waals surface area contributed by atoms with Crippen LogP contribution in [0.15, 0.2) is 46.3 Å². The molecule has 2 heterocycles. The van der Waals surface area contributed by atoms with Crippen LogP contribution < -0.4 is 16.3 Å². The van der Waals surface area contributed by atoms with E-state index in [1.807, 2.05) is 17.9 Å². The van der Waals surface area contributed by atoms with Crippen molar-refractivity contribution in [3.8, 4) is 0 Å². The van der Waals surface area contributed by atoms with Crippen LogP contribution in [0.1, 0.15) is 18.1 Å². The Hall–Kier alpha value is -2.27. The maximum absolute atomic E-state index is 13.9. The maximum atomic E-state index is 13.9. The highest BCUT2D eigenvalue weighted by molar-refractivity contribution is 7.99. The van der Waals surface area contributed by atoms with Gasteiger partial charge in [0, 0.05) is 42.6 Å². The van der Waals surface area contributed by atoms with Crippen LogP contribution in [0.4, 0.5) is 18.9 Å². The molecule has 33 heavy (non-hydrogen) atoms.